The number of carboxylic acid groups (broad SMARTS) is 1. The van der Waals surface area contributed by atoms with E-state index < -0.39 is 16.0 Å². The van der Waals surface area contributed by atoms with Gasteiger partial charge in [0.2, 0.25) is 0 Å². The summed E-state index contributed by atoms with van der Waals surface area (Å²) >= 11 is 3.29. The Kier molecular flexibility index (Phi) is 4.75. The molecular weight excluding hydrogens is 410 g/mol. The summed E-state index contributed by atoms with van der Waals surface area (Å²) in [6.07, 6.45) is 1.21. The van der Waals surface area contributed by atoms with Gasteiger partial charge in [-0.05, 0) is 53.9 Å². The van der Waals surface area contributed by atoms with Gasteiger partial charge in [-0.25, -0.2) is 13.2 Å². The van der Waals surface area contributed by atoms with Gasteiger partial charge in [-0.15, -0.1) is 0 Å². The number of hydrogen-bond donors (Lipinski definition) is 2. The van der Waals surface area contributed by atoms with Crippen LogP contribution < -0.4 is 9.46 Å². The van der Waals surface area contributed by atoms with Crippen LogP contribution in [0.2, 0.25) is 0 Å². The van der Waals surface area contributed by atoms with Crippen molar-refractivity contribution < 1.29 is 23.1 Å². The number of benzene rings is 2. The minimum Gasteiger partial charge on any atom is -0.492 e. The van der Waals surface area contributed by atoms with Crippen LogP contribution in [-0.2, 0) is 16.4 Å². The van der Waals surface area contributed by atoms with Crippen LogP contribution in [0, 0.1) is 6.92 Å². The molecule has 2 N–H and O–H groups in total. The Morgan fingerprint density at radius 2 is 1.96 bits per heavy atom. The van der Waals surface area contributed by atoms with Crippen LogP contribution >= 0.6 is 15.9 Å². The fourth-order valence-corrected chi connectivity index (χ4v) is 4.50. The summed E-state index contributed by atoms with van der Waals surface area (Å²) in [6.45, 7) is 2.28. The largest absolute Gasteiger partial charge is 0.492 e. The highest BCUT2D eigenvalue weighted by Gasteiger charge is 2.27. The number of fused-ring (bicyclic) bond motifs is 1. The number of ether oxygens (including phenoxy) is 1. The average Bonchev–Trinajstić information content (AvgIpc) is 2.57. The van der Waals surface area contributed by atoms with Crippen LogP contribution in [0.25, 0.3) is 0 Å². The van der Waals surface area contributed by atoms with E-state index in [1.54, 1.807) is 12.1 Å². The molecule has 0 aromatic heterocycles. The van der Waals surface area contributed by atoms with E-state index in [2.05, 4.69) is 20.7 Å². The Morgan fingerprint density at radius 1 is 1.28 bits per heavy atom. The summed E-state index contributed by atoms with van der Waals surface area (Å²) in [5.41, 5.74) is 1.84. The van der Waals surface area contributed by atoms with Gasteiger partial charge in [-0.1, -0.05) is 17.7 Å². The third kappa shape index (κ3) is 3.50. The zero-order chi connectivity index (χ0) is 18.2. The van der Waals surface area contributed by atoms with E-state index in [-0.39, 0.29) is 16.2 Å². The summed E-state index contributed by atoms with van der Waals surface area (Å²) < 4.78 is 33.8. The lowest BCUT2D eigenvalue weighted by Crippen LogP contribution is -2.19. The van der Waals surface area contributed by atoms with E-state index in [9.17, 15) is 18.3 Å². The van der Waals surface area contributed by atoms with Crippen LogP contribution in [0.1, 0.15) is 27.9 Å². The lowest BCUT2D eigenvalue weighted by atomic mass is 10.0. The second-order valence-electron chi connectivity index (χ2n) is 5.76. The molecule has 25 heavy (non-hydrogen) atoms. The number of halogens is 1. The molecule has 1 heterocycles. The molecule has 0 radical (unpaired) electrons. The maximum atomic E-state index is 12.7. The van der Waals surface area contributed by atoms with Crippen molar-refractivity contribution in [3.05, 3.63) is 51.5 Å². The van der Waals surface area contributed by atoms with Crippen molar-refractivity contribution in [2.75, 3.05) is 11.3 Å². The van der Waals surface area contributed by atoms with Crippen molar-refractivity contribution >= 4 is 37.6 Å². The number of nitrogens with one attached hydrogen (secondary N) is 1. The summed E-state index contributed by atoms with van der Waals surface area (Å²) in [5, 5.41) is 9.35. The molecule has 0 atom stereocenters. The second kappa shape index (κ2) is 6.68. The van der Waals surface area contributed by atoms with E-state index in [1.807, 2.05) is 6.92 Å². The maximum absolute atomic E-state index is 12.7. The highest BCUT2D eigenvalue weighted by Crippen LogP contribution is 2.41. The molecule has 3 rings (SSSR count). The van der Waals surface area contributed by atoms with Crippen molar-refractivity contribution in [1.82, 2.24) is 0 Å². The highest BCUT2D eigenvalue weighted by molar-refractivity contribution is 9.10. The zero-order valence-corrected chi connectivity index (χ0v) is 15.8. The van der Waals surface area contributed by atoms with Gasteiger partial charge < -0.3 is 9.84 Å². The van der Waals surface area contributed by atoms with Gasteiger partial charge in [0.15, 0.2) is 0 Å². The normalized spacial score (nSPS) is 13.7. The molecular formula is C17H16BrNO5S. The molecule has 0 spiro atoms. The smallest absolute Gasteiger partial charge is 0.339 e. The molecule has 2 aromatic rings. The molecule has 0 saturated carbocycles. The Morgan fingerprint density at radius 3 is 2.60 bits per heavy atom. The molecule has 0 amide bonds. The van der Waals surface area contributed by atoms with E-state index >= 15 is 0 Å². The Labute approximate surface area is 154 Å². The Hall–Kier alpha value is -2.06. The number of aryl methyl sites for hydroxylation is 1. The number of rotatable bonds is 4. The number of carboxylic acids is 1. The van der Waals surface area contributed by atoms with Crippen LogP contribution in [-0.4, -0.2) is 26.1 Å². The first kappa shape index (κ1) is 17.8. The summed E-state index contributed by atoms with van der Waals surface area (Å²) in [5.74, 6) is -0.893. The number of aromatic carboxylic acids is 1. The third-order valence-electron chi connectivity index (χ3n) is 3.95. The van der Waals surface area contributed by atoms with Gasteiger partial charge in [0, 0.05) is 10.0 Å². The molecule has 0 unspecified atom stereocenters. The van der Waals surface area contributed by atoms with Gasteiger partial charge in [-0.3, -0.25) is 4.72 Å². The maximum Gasteiger partial charge on any atom is 0.339 e. The number of carbonyl (C=O) groups is 1. The first-order valence-electron chi connectivity index (χ1n) is 7.60. The summed E-state index contributed by atoms with van der Waals surface area (Å²) in [4.78, 5) is 11.6. The molecule has 0 saturated heterocycles. The molecule has 0 bridgehead atoms. The quantitative estimate of drug-likeness (QED) is 0.780. The van der Waals surface area contributed by atoms with Crippen LogP contribution in [0.4, 0.5) is 5.69 Å². The highest BCUT2D eigenvalue weighted by atomic mass is 79.9. The van der Waals surface area contributed by atoms with Crippen molar-refractivity contribution in [3.8, 4) is 5.75 Å². The van der Waals surface area contributed by atoms with Gasteiger partial charge in [0.05, 0.1) is 17.2 Å². The van der Waals surface area contributed by atoms with E-state index in [4.69, 9.17) is 4.74 Å². The molecule has 0 fully saturated rings. The van der Waals surface area contributed by atoms with Gasteiger partial charge in [-0.2, -0.15) is 0 Å². The number of anilines is 1. The van der Waals surface area contributed by atoms with Crippen molar-refractivity contribution in [2.24, 2.45) is 0 Å². The van der Waals surface area contributed by atoms with Gasteiger partial charge >= 0.3 is 5.97 Å². The molecule has 0 aliphatic carbocycles. The first-order chi connectivity index (χ1) is 11.8. The van der Waals surface area contributed by atoms with Gasteiger partial charge in [0.1, 0.15) is 11.3 Å². The molecule has 8 heteroatoms. The van der Waals surface area contributed by atoms with Crippen molar-refractivity contribution in [3.63, 3.8) is 0 Å². The molecule has 1 aliphatic rings. The van der Waals surface area contributed by atoms with Gasteiger partial charge in [0.25, 0.3) is 10.0 Å². The van der Waals surface area contributed by atoms with E-state index in [1.165, 1.54) is 18.2 Å². The number of hydrogen-bond acceptors (Lipinski definition) is 4. The first-order valence-corrected chi connectivity index (χ1v) is 9.88. The third-order valence-corrected chi connectivity index (χ3v) is 5.94. The summed E-state index contributed by atoms with van der Waals surface area (Å²) in [7, 11) is -3.80. The minimum atomic E-state index is -3.80. The lowest BCUT2D eigenvalue weighted by Gasteiger charge is -2.23. The van der Waals surface area contributed by atoms with E-state index in [0.29, 0.717) is 35.2 Å². The molecule has 132 valence electrons. The summed E-state index contributed by atoms with van der Waals surface area (Å²) in [6, 6.07) is 7.85. The van der Waals surface area contributed by atoms with Crippen molar-refractivity contribution in [1.29, 1.82) is 0 Å². The van der Waals surface area contributed by atoms with E-state index in [0.717, 1.165) is 5.56 Å². The molecule has 2 aromatic carbocycles. The predicted octanol–water partition coefficient (Wildman–Crippen LogP) is 3.58. The molecule has 6 nitrogen and oxygen atoms in total. The standard InChI is InChI=1S/C17H16BrNO5S/c1-10-4-6-11(7-5-10)25(22,23)19-15-12-3-2-8-24-16(12)13(17(20)21)9-14(15)18/h4-7,9,19H,2-3,8H2,1H3,(H,20,21). The lowest BCUT2D eigenvalue weighted by molar-refractivity contribution is 0.0691. The topological polar surface area (TPSA) is 92.7 Å². The minimum absolute atomic E-state index is 0.0138. The second-order valence-corrected chi connectivity index (χ2v) is 8.30. The SMILES string of the molecule is Cc1ccc(S(=O)(=O)Nc2c(Br)cc(C(=O)O)c3c2CCCO3)cc1. The van der Waals surface area contributed by atoms with Crippen molar-refractivity contribution in [2.45, 2.75) is 24.7 Å². The fourth-order valence-electron chi connectivity index (χ4n) is 2.69. The molecule has 1 aliphatic heterocycles. The fraction of sp³-hybridized carbons (Fsp3) is 0.235. The predicted molar refractivity (Wildman–Crippen MR) is 96.9 cm³/mol. The monoisotopic (exact) mass is 425 g/mol. The van der Waals surface area contributed by atoms with Crippen LogP contribution in [0.3, 0.4) is 0 Å². The average molecular weight is 426 g/mol. The van der Waals surface area contributed by atoms with Crippen LogP contribution in [0.5, 0.6) is 5.75 Å². The zero-order valence-electron chi connectivity index (χ0n) is 13.4. The Balaban J connectivity index is 2.08. The Bertz CT molecular complexity index is 939. The van der Waals surface area contributed by atoms with Crippen LogP contribution in [0.15, 0.2) is 39.7 Å². The number of sulfonamides is 1.